The quantitative estimate of drug-likeness (QED) is 0.608. The highest BCUT2D eigenvalue weighted by Gasteiger charge is 2.34. The predicted molar refractivity (Wildman–Crippen MR) is 116 cm³/mol. The number of ketones is 1. The highest BCUT2D eigenvalue weighted by Crippen LogP contribution is 2.20. The molecule has 1 aromatic rings. The van der Waals surface area contributed by atoms with Gasteiger partial charge in [0.2, 0.25) is 5.91 Å². The van der Waals surface area contributed by atoms with E-state index in [0.29, 0.717) is 0 Å². The maximum absolute atomic E-state index is 12.9. The molecule has 0 spiro atoms. The lowest BCUT2D eigenvalue weighted by Crippen LogP contribution is -2.56. The van der Waals surface area contributed by atoms with Crippen LogP contribution in [0.15, 0.2) is 30.3 Å². The molecule has 0 saturated carbocycles. The van der Waals surface area contributed by atoms with Crippen LogP contribution in [0.3, 0.4) is 0 Å². The summed E-state index contributed by atoms with van der Waals surface area (Å²) in [4.78, 5) is 49.5. The first kappa shape index (κ1) is 26.1. The van der Waals surface area contributed by atoms with Gasteiger partial charge in [0.05, 0.1) is 12.5 Å². The fourth-order valence-electron chi connectivity index (χ4n) is 2.79. The highest BCUT2D eigenvalue weighted by atomic mass is 16.6. The molecule has 0 unspecified atom stereocenters. The average molecular weight is 435 g/mol. The second-order valence-corrected chi connectivity index (χ2v) is 9.47. The molecule has 0 aliphatic rings. The Morgan fingerprint density at radius 3 is 2.00 bits per heavy atom. The molecule has 0 fully saturated rings. The Hall–Kier alpha value is -2.90. The Morgan fingerprint density at radius 2 is 1.52 bits per heavy atom. The standard InChI is InChI=1S/C23H34N2O6/c1-15(26)19(22(2,3)4)25-20(28)17(24-21(29)31-23(5,6)7)13-18(27)30-14-16-11-9-8-10-12-16/h8-12,17,19H,13-14H2,1-7H3,(H,24,29)(H,25,28)/t17-,19-/m1/s1. The topological polar surface area (TPSA) is 111 Å². The van der Waals surface area contributed by atoms with Gasteiger partial charge in [-0.2, -0.15) is 0 Å². The van der Waals surface area contributed by atoms with Crippen LogP contribution < -0.4 is 10.6 Å². The first-order valence-electron chi connectivity index (χ1n) is 10.2. The van der Waals surface area contributed by atoms with Crippen molar-refractivity contribution >= 4 is 23.8 Å². The number of amides is 2. The van der Waals surface area contributed by atoms with Crippen LogP contribution in [0.1, 0.15) is 60.5 Å². The summed E-state index contributed by atoms with van der Waals surface area (Å²) in [7, 11) is 0. The zero-order valence-electron chi connectivity index (χ0n) is 19.4. The number of Topliss-reactive ketones (excluding diaryl/α,β-unsaturated/α-hetero) is 1. The maximum atomic E-state index is 12.9. The second kappa shape index (κ2) is 10.9. The smallest absolute Gasteiger partial charge is 0.408 e. The van der Waals surface area contributed by atoms with Crippen LogP contribution in [0.2, 0.25) is 0 Å². The van der Waals surface area contributed by atoms with Crippen molar-refractivity contribution in [1.82, 2.24) is 10.6 Å². The van der Waals surface area contributed by atoms with Crippen molar-refractivity contribution in [1.29, 1.82) is 0 Å². The zero-order valence-corrected chi connectivity index (χ0v) is 19.4. The lowest BCUT2D eigenvalue weighted by atomic mass is 9.84. The molecule has 0 heterocycles. The number of alkyl carbamates (subject to hydrolysis) is 1. The van der Waals surface area contributed by atoms with Crippen LogP contribution in [0.25, 0.3) is 0 Å². The van der Waals surface area contributed by atoms with Gasteiger partial charge in [-0.3, -0.25) is 14.4 Å². The molecule has 8 nitrogen and oxygen atoms in total. The molecule has 31 heavy (non-hydrogen) atoms. The number of esters is 1. The van der Waals surface area contributed by atoms with Gasteiger partial charge in [0, 0.05) is 0 Å². The molecule has 0 saturated heterocycles. The number of benzene rings is 1. The summed E-state index contributed by atoms with van der Waals surface area (Å²) in [5.41, 5.74) is -0.542. The van der Waals surface area contributed by atoms with Gasteiger partial charge in [-0.05, 0) is 38.7 Å². The van der Waals surface area contributed by atoms with Crippen LogP contribution in [-0.2, 0) is 30.5 Å². The molecule has 0 aliphatic heterocycles. The minimum absolute atomic E-state index is 0.0402. The van der Waals surface area contributed by atoms with E-state index in [1.807, 2.05) is 39.0 Å². The number of carbonyl (C=O) groups is 4. The molecule has 0 bridgehead atoms. The number of ether oxygens (including phenoxy) is 2. The van der Waals surface area contributed by atoms with Crippen molar-refractivity contribution in [3.63, 3.8) is 0 Å². The second-order valence-electron chi connectivity index (χ2n) is 9.47. The third-order valence-electron chi connectivity index (χ3n) is 4.18. The van der Waals surface area contributed by atoms with Gasteiger partial charge in [0.15, 0.2) is 5.78 Å². The van der Waals surface area contributed by atoms with Crippen molar-refractivity contribution in [2.24, 2.45) is 5.41 Å². The highest BCUT2D eigenvalue weighted by molar-refractivity contribution is 5.93. The third-order valence-corrected chi connectivity index (χ3v) is 4.18. The van der Waals surface area contributed by atoms with E-state index in [9.17, 15) is 19.2 Å². The predicted octanol–water partition coefficient (Wildman–Crippen LogP) is 3.13. The van der Waals surface area contributed by atoms with E-state index < -0.39 is 47.5 Å². The molecule has 0 radical (unpaired) electrons. The first-order valence-corrected chi connectivity index (χ1v) is 10.2. The van der Waals surface area contributed by atoms with Gasteiger partial charge >= 0.3 is 12.1 Å². The number of hydrogen-bond acceptors (Lipinski definition) is 6. The van der Waals surface area contributed by atoms with Crippen molar-refractivity contribution in [2.75, 3.05) is 0 Å². The Balaban J connectivity index is 2.90. The van der Waals surface area contributed by atoms with Crippen LogP contribution in [-0.4, -0.2) is 41.4 Å². The number of nitrogens with one attached hydrogen (secondary N) is 2. The van der Waals surface area contributed by atoms with E-state index in [2.05, 4.69) is 10.6 Å². The SMILES string of the molecule is CC(=O)[C@@H](NC(=O)[C@@H](CC(=O)OCc1ccccc1)NC(=O)OC(C)(C)C)C(C)(C)C. The molecule has 172 valence electrons. The number of rotatable bonds is 8. The van der Waals surface area contributed by atoms with Gasteiger partial charge in [-0.1, -0.05) is 51.1 Å². The van der Waals surface area contributed by atoms with Crippen molar-refractivity contribution < 1.29 is 28.7 Å². The molecule has 2 N–H and O–H groups in total. The number of carbonyl (C=O) groups excluding carboxylic acids is 4. The van der Waals surface area contributed by atoms with Crippen molar-refractivity contribution in [3.8, 4) is 0 Å². The van der Waals surface area contributed by atoms with Gasteiger partial charge < -0.3 is 20.1 Å². The summed E-state index contributed by atoms with van der Waals surface area (Å²) in [5, 5.41) is 5.05. The fourth-order valence-corrected chi connectivity index (χ4v) is 2.79. The van der Waals surface area contributed by atoms with Gasteiger partial charge in [-0.15, -0.1) is 0 Å². The molecule has 2 amide bonds. The molecule has 0 aliphatic carbocycles. The van der Waals surface area contributed by atoms with Crippen LogP contribution >= 0.6 is 0 Å². The molecule has 2 atom stereocenters. The minimum Gasteiger partial charge on any atom is -0.461 e. The largest absolute Gasteiger partial charge is 0.461 e. The van der Waals surface area contributed by atoms with E-state index in [1.165, 1.54) is 6.92 Å². The fraction of sp³-hybridized carbons (Fsp3) is 0.565. The van der Waals surface area contributed by atoms with Crippen LogP contribution in [0, 0.1) is 5.41 Å². The monoisotopic (exact) mass is 434 g/mol. The zero-order chi connectivity index (χ0) is 23.8. The Morgan fingerprint density at radius 1 is 0.935 bits per heavy atom. The van der Waals surface area contributed by atoms with Gasteiger partial charge in [0.1, 0.15) is 18.2 Å². The van der Waals surface area contributed by atoms with Gasteiger partial charge in [-0.25, -0.2) is 4.79 Å². The number of hydrogen-bond donors (Lipinski definition) is 2. The summed E-state index contributed by atoms with van der Waals surface area (Å²) in [6.45, 7) is 11.9. The summed E-state index contributed by atoms with van der Waals surface area (Å²) in [6.07, 6.45) is -1.26. The summed E-state index contributed by atoms with van der Waals surface area (Å²) < 4.78 is 10.4. The molecular weight excluding hydrogens is 400 g/mol. The van der Waals surface area contributed by atoms with E-state index in [4.69, 9.17) is 9.47 Å². The summed E-state index contributed by atoms with van der Waals surface area (Å²) in [5.74, 6) is -1.57. The summed E-state index contributed by atoms with van der Waals surface area (Å²) in [6, 6.07) is 7.03. The third kappa shape index (κ3) is 10.1. The van der Waals surface area contributed by atoms with E-state index >= 15 is 0 Å². The first-order chi connectivity index (χ1) is 14.2. The molecule has 1 rings (SSSR count). The Labute approximate surface area is 184 Å². The molecule has 8 heteroatoms. The van der Waals surface area contributed by atoms with Crippen molar-refractivity contribution in [3.05, 3.63) is 35.9 Å². The molecular formula is C23H34N2O6. The summed E-state index contributed by atoms with van der Waals surface area (Å²) >= 11 is 0. The minimum atomic E-state index is -1.26. The molecule has 0 aromatic heterocycles. The lowest BCUT2D eigenvalue weighted by Gasteiger charge is -2.31. The van der Waals surface area contributed by atoms with Crippen LogP contribution in [0.4, 0.5) is 4.79 Å². The normalized spacial score (nSPS) is 13.5. The Kier molecular flexibility index (Phi) is 9.21. The van der Waals surface area contributed by atoms with E-state index in [1.54, 1.807) is 32.9 Å². The van der Waals surface area contributed by atoms with E-state index in [-0.39, 0.29) is 12.4 Å². The lowest BCUT2D eigenvalue weighted by molar-refractivity contribution is -0.147. The van der Waals surface area contributed by atoms with Crippen molar-refractivity contribution in [2.45, 2.75) is 79.2 Å². The van der Waals surface area contributed by atoms with E-state index in [0.717, 1.165) is 5.56 Å². The van der Waals surface area contributed by atoms with Gasteiger partial charge in [0.25, 0.3) is 0 Å². The van der Waals surface area contributed by atoms with Crippen LogP contribution in [0.5, 0.6) is 0 Å². The maximum Gasteiger partial charge on any atom is 0.408 e. The Bertz CT molecular complexity index is 777. The average Bonchev–Trinajstić information content (AvgIpc) is 2.61. The molecule has 1 aromatic carbocycles.